The van der Waals surface area contributed by atoms with Gasteiger partial charge >= 0.3 is 0 Å². The van der Waals surface area contributed by atoms with E-state index >= 15 is 0 Å². The fraction of sp³-hybridized carbons (Fsp3) is 0.0769. The van der Waals surface area contributed by atoms with Crippen molar-refractivity contribution < 1.29 is 20.4 Å². The van der Waals surface area contributed by atoms with E-state index in [1.807, 2.05) is 0 Å². The van der Waals surface area contributed by atoms with Crippen LogP contribution in [-0.2, 0) is 5.79 Å². The van der Waals surface area contributed by atoms with E-state index in [2.05, 4.69) is 0 Å². The zero-order chi connectivity index (χ0) is 12.5. The van der Waals surface area contributed by atoms with Gasteiger partial charge in [-0.1, -0.05) is 36.4 Å². The van der Waals surface area contributed by atoms with Crippen molar-refractivity contribution in [2.45, 2.75) is 5.79 Å². The topological polar surface area (TPSA) is 80.9 Å². The maximum atomic E-state index is 10.0. The molecule has 0 aliphatic carbocycles. The van der Waals surface area contributed by atoms with Crippen molar-refractivity contribution in [2.75, 3.05) is 0 Å². The Kier molecular flexibility index (Phi) is 2.75. The van der Waals surface area contributed by atoms with Crippen LogP contribution in [0.2, 0.25) is 0 Å². The Labute approximate surface area is 98.0 Å². The summed E-state index contributed by atoms with van der Waals surface area (Å²) in [4.78, 5) is 0. The molecule has 0 saturated heterocycles. The minimum atomic E-state index is -2.34. The van der Waals surface area contributed by atoms with E-state index in [1.165, 1.54) is 30.3 Å². The minimum absolute atomic E-state index is 0.163. The first-order valence-corrected chi connectivity index (χ1v) is 5.05. The first kappa shape index (κ1) is 11.4. The highest BCUT2D eigenvalue weighted by Crippen LogP contribution is 2.37. The highest BCUT2D eigenvalue weighted by molar-refractivity contribution is 5.49. The number of aromatic hydroxyl groups is 2. The lowest BCUT2D eigenvalue weighted by Gasteiger charge is -2.23. The van der Waals surface area contributed by atoms with Crippen LogP contribution in [0.25, 0.3) is 0 Å². The van der Waals surface area contributed by atoms with Crippen molar-refractivity contribution in [3.63, 3.8) is 0 Å². The molecular weight excluding hydrogens is 220 g/mol. The summed E-state index contributed by atoms with van der Waals surface area (Å²) in [5.41, 5.74) is 0.0459. The summed E-state index contributed by atoms with van der Waals surface area (Å²) >= 11 is 0. The Balaban J connectivity index is 2.56. The minimum Gasteiger partial charge on any atom is -0.504 e. The summed E-state index contributed by atoms with van der Waals surface area (Å²) in [7, 11) is 0. The monoisotopic (exact) mass is 232 g/mol. The summed E-state index contributed by atoms with van der Waals surface area (Å²) in [5.74, 6) is -3.28. The number of benzene rings is 2. The second-order valence-electron chi connectivity index (χ2n) is 3.71. The summed E-state index contributed by atoms with van der Waals surface area (Å²) in [6, 6.07) is 12.1. The van der Waals surface area contributed by atoms with Gasteiger partial charge in [-0.05, 0) is 12.1 Å². The second-order valence-corrected chi connectivity index (χ2v) is 3.71. The van der Waals surface area contributed by atoms with Gasteiger partial charge in [0, 0.05) is 5.56 Å². The maximum absolute atomic E-state index is 10.0. The first-order chi connectivity index (χ1) is 8.03. The molecule has 0 atom stereocenters. The first-order valence-electron chi connectivity index (χ1n) is 5.05. The number of hydrogen-bond donors (Lipinski definition) is 4. The van der Waals surface area contributed by atoms with E-state index in [0.717, 1.165) is 0 Å². The zero-order valence-electron chi connectivity index (χ0n) is 8.91. The van der Waals surface area contributed by atoms with Crippen LogP contribution in [0.3, 0.4) is 0 Å². The van der Waals surface area contributed by atoms with Gasteiger partial charge < -0.3 is 20.4 Å². The highest BCUT2D eigenvalue weighted by Gasteiger charge is 2.32. The Morgan fingerprint density at radius 1 is 0.765 bits per heavy atom. The number of hydrogen-bond acceptors (Lipinski definition) is 4. The molecule has 2 aromatic carbocycles. The summed E-state index contributed by atoms with van der Waals surface area (Å²) in [6.45, 7) is 0. The molecule has 2 rings (SSSR count). The zero-order valence-corrected chi connectivity index (χ0v) is 8.91. The number of aliphatic hydroxyl groups is 2. The van der Waals surface area contributed by atoms with E-state index in [0.29, 0.717) is 0 Å². The van der Waals surface area contributed by atoms with Crippen molar-refractivity contribution >= 4 is 0 Å². The van der Waals surface area contributed by atoms with Crippen LogP contribution in [0.1, 0.15) is 11.1 Å². The molecule has 0 saturated carbocycles. The molecule has 4 N–H and O–H groups in total. The molecule has 0 heterocycles. The van der Waals surface area contributed by atoms with E-state index in [-0.39, 0.29) is 11.1 Å². The molecule has 17 heavy (non-hydrogen) atoms. The average molecular weight is 232 g/mol. The third-order valence-electron chi connectivity index (χ3n) is 2.57. The van der Waals surface area contributed by atoms with Gasteiger partial charge in [-0.25, -0.2) is 0 Å². The quantitative estimate of drug-likeness (QED) is 0.464. The largest absolute Gasteiger partial charge is 0.504 e. The predicted octanol–water partition coefficient (Wildman–Crippen LogP) is 1.28. The molecular formula is C13H12O4. The number of phenols is 2. The lowest BCUT2D eigenvalue weighted by Crippen LogP contribution is -2.26. The van der Waals surface area contributed by atoms with Crippen LogP contribution in [0.4, 0.5) is 0 Å². The Bertz CT molecular complexity index is 520. The Hall–Kier alpha value is -2.04. The maximum Gasteiger partial charge on any atom is 0.221 e. The molecule has 0 fully saturated rings. The molecule has 0 amide bonds. The molecule has 0 aliphatic rings. The normalized spacial score (nSPS) is 11.4. The predicted molar refractivity (Wildman–Crippen MR) is 61.4 cm³/mol. The molecule has 0 unspecified atom stereocenters. The van der Waals surface area contributed by atoms with Gasteiger partial charge in [0.25, 0.3) is 0 Å². The van der Waals surface area contributed by atoms with Gasteiger partial charge in [-0.3, -0.25) is 0 Å². The van der Waals surface area contributed by atoms with Crippen molar-refractivity contribution in [3.8, 4) is 11.5 Å². The summed E-state index contributed by atoms with van der Waals surface area (Å²) in [6.07, 6.45) is 0. The van der Waals surface area contributed by atoms with Crippen molar-refractivity contribution in [1.29, 1.82) is 0 Å². The SMILES string of the molecule is Oc1cccc(C(O)(O)c2ccccc2)c1O. The van der Waals surface area contributed by atoms with Crippen molar-refractivity contribution in [2.24, 2.45) is 0 Å². The van der Waals surface area contributed by atoms with E-state index in [1.54, 1.807) is 18.2 Å². The standard InChI is InChI=1S/C13H12O4/c14-11-8-4-7-10(12(11)15)13(16,17)9-5-2-1-3-6-9/h1-8,14-17H. The van der Waals surface area contributed by atoms with Gasteiger partial charge in [0.15, 0.2) is 11.5 Å². The smallest absolute Gasteiger partial charge is 0.221 e. The number of phenolic OH excluding ortho intramolecular Hbond substituents is 2. The van der Waals surface area contributed by atoms with Crippen LogP contribution in [-0.4, -0.2) is 20.4 Å². The van der Waals surface area contributed by atoms with Crippen molar-refractivity contribution in [1.82, 2.24) is 0 Å². The Morgan fingerprint density at radius 3 is 2.06 bits per heavy atom. The third-order valence-corrected chi connectivity index (χ3v) is 2.57. The van der Waals surface area contributed by atoms with Crippen LogP contribution >= 0.6 is 0 Å². The van der Waals surface area contributed by atoms with Crippen LogP contribution in [0.15, 0.2) is 48.5 Å². The lowest BCUT2D eigenvalue weighted by atomic mass is 9.96. The van der Waals surface area contributed by atoms with Crippen molar-refractivity contribution in [3.05, 3.63) is 59.7 Å². The van der Waals surface area contributed by atoms with Gasteiger partial charge in [-0.2, -0.15) is 0 Å². The third kappa shape index (κ3) is 1.95. The van der Waals surface area contributed by atoms with Crippen LogP contribution < -0.4 is 0 Å². The number of rotatable bonds is 2. The lowest BCUT2D eigenvalue weighted by molar-refractivity contribution is -0.133. The fourth-order valence-electron chi connectivity index (χ4n) is 1.64. The van der Waals surface area contributed by atoms with E-state index in [4.69, 9.17) is 0 Å². The molecule has 0 bridgehead atoms. The summed E-state index contributed by atoms with van der Waals surface area (Å²) < 4.78 is 0. The molecule has 0 aliphatic heterocycles. The van der Waals surface area contributed by atoms with Gasteiger partial charge in [0.2, 0.25) is 5.79 Å². The fourth-order valence-corrected chi connectivity index (χ4v) is 1.64. The van der Waals surface area contributed by atoms with E-state index < -0.39 is 17.3 Å². The van der Waals surface area contributed by atoms with Gasteiger partial charge in [0.1, 0.15) is 0 Å². The summed E-state index contributed by atoms with van der Waals surface area (Å²) in [5, 5.41) is 39.1. The molecule has 0 radical (unpaired) electrons. The van der Waals surface area contributed by atoms with Crippen LogP contribution in [0.5, 0.6) is 11.5 Å². The average Bonchev–Trinajstić information content (AvgIpc) is 2.33. The van der Waals surface area contributed by atoms with E-state index in [9.17, 15) is 20.4 Å². The molecule has 4 nitrogen and oxygen atoms in total. The molecule has 2 aromatic rings. The van der Waals surface area contributed by atoms with Gasteiger partial charge in [0.05, 0.1) is 5.56 Å². The van der Waals surface area contributed by atoms with Gasteiger partial charge in [-0.15, -0.1) is 0 Å². The highest BCUT2D eigenvalue weighted by atomic mass is 16.5. The molecule has 4 heteroatoms. The Morgan fingerprint density at radius 2 is 1.41 bits per heavy atom. The van der Waals surface area contributed by atoms with Crippen LogP contribution in [0, 0.1) is 0 Å². The second kappa shape index (κ2) is 4.08. The molecule has 88 valence electrons. The molecule has 0 spiro atoms. The number of para-hydroxylation sites is 1. The molecule has 0 aromatic heterocycles.